The van der Waals surface area contributed by atoms with Gasteiger partial charge in [-0.15, -0.1) is 0 Å². The van der Waals surface area contributed by atoms with Gasteiger partial charge in [-0.3, -0.25) is 4.79 Å². The van der Waals surface area contributed by atoms with Gasteiger partial charge in [0.2, 0.25) is 5.91 Å². The van der Waals surface area contributed by atoms with E-state index in [0.717, 1.165) is 42.8 Å². The number of nitrogens with zero attached hydrogens (tertiary/aromatic N) is 2. The zero-order chi connectivity index (χ0) is 16.1. The van der Waals surface area contributed by atoms with E-state index in [1.807, 2.05) is 30.0 Å². The van der Waals surface area contributed by atoms with Crippen molar-refractivity contribution in [3.05, 3.63) is 29.3 Å². The number of hydrogen-bond donors (Lipinski definition) is 0. The Labute approximate surface area is 132 Å². The largest absolute Gasteiger partial charge is 0.496 e. The van der Waals surface area contributed by atoms with Crippen LogP contribution >= 0.6 is 0 Å². The minimum atomic E-state index is -0.635. The van der Waals surface area contributed by atoms with Crippen molar-refractivity contribution in [2.45, 2.75) is 33.1 Å². The topological polar surface area (TPSA) is 53.3 Å². The zero-order valence-electron chi connectivity index (χ0n) is 13.6. The number of carbonyl (C=O) groups excluding carboxylic acids is 1. The lowest BCUT2D eigenvalue weighted by atomic mass is 9.94. The van der Waals surface area contributed by atoms with E-state index in [1.54, 1.807) is 7.11 Å². The molecule has 0 radical (unpaired) electrons. The van der Waals surface area contributed by atoms with Gasteiger partial charge in [-0.05, 0) is 37.3 Å². The third-order valence-electron chi connectivity index (χ3n) is 4.41. The van der Waals surface area contributed by atoms with Gasteiger partial charge in [-0.1, -0.05) is 24.6 Å². The van der Waals surface area contributed by atoms with E-state index in [2.05, 4.69) is 13.0 Å². The summed E-state index contributed by atoms with van der Waals surface area (Å²) in [5.41, 5.74) is 2.03. The van der Waals surface area contributed by atoms with Gasteiger partial charge >= 0.3 is 0 Å². The fraction of sp³-hybridized carbons (Fsp3) is 0.556. The molecular weight excluding hydrogens is 276 g/mol. The van der Waals surface area contributed by atoms with Crippen LogP contribution in [0.25, 0.3) is 0 Å². The van der Waals surface area contributed by atoms with Crippen LogP contribution in [0.15, 0.2) is 18.2 Å². The number of likely N-dealkylation sites (tertiary alicyclic amines) is 1. The molecule has 4 nitrogen and oxygen atoms in total. The van der Waals surface area contributed by atoms with Crippen LogP contribution in [0.1, 0.15) is 30.9 Å². The first-order chi connectivity index (χ1) is 10.5. The lowest BCUT2D eigenvalue weighted by molar-refractivity contribution is -0.135. The second-order valence-corrected chi connectivity index (χ2v) is 6.21. The normalized spacial score (nSPS) is 16.9. The summed E-state index contributed by atoms with van der Waals surface area (Å²) in [5, 5.41) is 9.43. The quantitative estimate of drug-likeness (QED) is 0.859. The molecule has 0 N–H and O–H groups in total. The van der Waals surface area contributed by atoms with Crippen molar-refractivity contribution < 1.29 is 9.53 Å². The van der Waals surface area contributed by atoms with Gasteiger partial charge in [0.05, 0.1) is 13.2 Å². The Morgan fingerprint density at radius 3 is 2.73 bits per heavy atom. The highest BCUT2D eigenvalue weighted by molar-refractivity contribution is 5.81. The number of nitriles is 1. The Bertz CT molecular complexity index is 569. The number of carbonyl (C=O) groups is 1. The average Bonchev–Trinajstić information content (AvgIpc) is 2.53. The SMILES string of the molecule is COc1ccc(C)cc1CC(C#N)C(=O)N1CCC(C)CC1. The molecule has 0 aromatic heterocycles. The summed E-state index contributed by atoms with van der Waals surface area (Å²) in [4.78, 5) is 14.4. The van der Waals surface area contributed by atoms with Gasteiger partial charge in [0, 0.05) is 19.5 Å². The number of benzene rings is 1. The number of rotatable bonds is 4. The molecule has 1 aromatic carbocycles. The molecule has 1 aromatic rings. The fourth-order valence-electron chi connectivity index (χ4n) is 2.92. The van der Waals surface area contributed by atoms with Crippen LogP contribution in [-0.4, -0.2) is 31.0 Å². The number of piperidine rings is 1. The van der Waals surface area contributed by atoms with Crippen LogP contribution in [0.5, 0.6) is 5.75 Å². The lowest BCUT2D eigenvalue weighted by Gasteiger charge is -2.31. The van der Waals surface area contributed by atoms with Crippen LogP contribution in [0.3, 0.4) is 0 Å². The summed E-state index contributed by atoms with van der Waals surface area (Å²) in [6, 6.07) is 8.04. The maximum absolute atomic E-state index is 12.6. The Morgan fingerprint density at radius 1 is 1.45 bits per heavy atom. The van der Waals surface area contributed by atoms with Crippen molar-refractivity contribution in [1.82, 2.24) is 4.90 Å². The summed E-state index contributed by atoms with van der Waals surface area (Å²) >= 11 is 0. The Balaban J connectivity index is 2.11. The molecular formula is C18H24N2O2. The van der Waals surface area contributed by atoms with Crippen LogP contribution < -0.4 is 4.74 Å². The van der Waals surface area contributed by atoms with Crippen molar-refractivity contribution in [3.8, 4) is 11.8 Å². The smallest absolute Gasteiger partial charge is 0.240 e. The van der Waals surface area contributed by atoms with Gasteiger partial charge in [0.25, 0.3) is 0 Å². The molecule has 1 heterocycles. The predicted molar refractivity (Wildman–Crippen MR) is 85.5 cm³/mol. The van der Waals surface area contributed by atoms with E-state index < -0.39 is 5.92 Å². The standard InChI is InChI=1S/C18H24N2O2/c1-13-6-8-20(9-7-13)18(21)16(12-19)11-15-10-14(2)4-5-17(15)22-3/h4-5,10,13,16H,6-9,11H2,1-3H3. The third-order valence-corrected chi connectivity index (χ3v) is 4.41. The molecule has 1 unspecified atom stereocenters. The van der Waals surface area contributed by atoms with E-state index in [0.29, 0.717) is 12.3 Å². The van der Waals surface area contributed by atoms with Gasteiger partial charge in [-0.25, -0.2) is 0 Å². The highest BCUT2D eigenvalue weighted by Crippen LogP contribution is 2.25. The molecule has 22 heavy (non-hydrogen) atoms. The highest BCUT2D eigenvalue weighted by Gasteiger charge is 2.28. The molecule has 1 aliphatic rings. The minimum absolute atomic E-state index is 0.0436. The summed E-state index contributed by atoms with van der Waals surface area (Å²) in [6.07, 6.45) is 2.46. The summed E-state index contributed by atoms with van der Waals surface area (Å²) in [7, 11) is 1.61. The number of ether oxygens (including phenoxy) is 1. The number of hydrogen-bond acceptors (Lipinski definition) is 3. The molecule has 118 valence electrons. The maximum atomic E-state index is 12.6. The number of methoxy groups -OCH3 is 1. The first kappa shape index (κ1) is 16.4. The van der Waals surface area contributed by atoms with Crippen molar-refractivity contribution in [3.63, 3.8) is 0 Å². The van der Waals surface area contributed by atoms with Crippen LogP contribution in [0.2, 0.25) is 0 Å². The first-order valence-electron chi connectivity index (χ1n) is 7.87. The van der Waals surface area contributed by atoms with Crippen LogP contribution in [0.4, 0.5) is 0 Å². The van der Waals surface area contributed by atoms with Gasteiger partial charge < -0.3 is 9.64 Å². The fourth-order valence-corrected chi connectivity index (χ4v) is 2.92. The van der Waals surface area contributed by atoms with Gasteiger partial charge in [0.15, 0.2) is 0 Å². The Morgan fingerprint density at radius 2 is 2.14 bits per heavy atom. The lowest BCUT2D eigenvalue weighted by Crippen LogP contribution is -2.41. The van der Waals surface area contributed by atoms with E-state index >= 15 is 0 Å². The molecule has 1 atom stereocenters. The van der Waals surface area contributed by atoms with Crippen LogP contribution in [0, 0.1) is 30.1 Å². The minimum Gasteiger partial charge on any atom is -0.496 e. The second-order valence-electron chi connectivity index (χ2n) is 6.21. The summed E-state index contributed by atoms with van der Waals surface area (Å²) in [5.74, 6) is 0.731. The molecule has 1 fully saturated rings. The van der Waals surface area contributed by atoms with E-state index in [-0.39, 0.29) is 5.91 Å². The molecule has 0 aliphatic carbocycles. The molecule has 1 saturated heterocycles. The van der Waals surface area contributed by atoms with Crippen molar-refractivity contribution in [2.75, 3.05) is 20.2 Å². The molecule has 1 aliphatic heterocycles. The average molecular weight is 300 g/mol. The molecule has 4 heteroatoms. The third kappa shape index (κ3) is 3.79. The van der Waals surface area contributed by atoms with Crippen molar-refractivity contribution in [2.24, 2.45) is 11.8 Å². The summed E-state index contributed by atoms with van der Waals surface area (Å²) < 4.78 is 5.35. The number of aryl methyl sites for hydroxylation is 1. The van der Waals surface area contributed by atoms with Crippen LogP contribution in [-0.2, 0) is 11.2 Å². The zero-order valence-corrected chi connectivity index (χ0v) is 13.6. The van der Waals surface area contributed by atoms with E-state index in [9.17, 15) is 10.1 Å². The molecule has 1 amide bonds. The Kier molecular flexibility index (Phi) is 5.43. The monoisotopic (exact) mass is 300 g/mol. The predicted octanol–water partition coefficient (Wildman–Crippen LogP) is 2.94. The second kappa shape index (κ2) is 7.31. The molecule has 0 bridgehead atoms. The highest BCUT2D eigenvalue weighted by atomic mass is 16.5. The van der Waals surface area contributed by atoms with Crippen molar-refractivity contribution >= 4 is 5.91 Å². The van der Waals surface area contributed by atoms with Crippen molar-refractivity contribution in [1.29, 1.82) is 5.26 Å². The Hall–Kier alpha value is -2.02. The first-order valence-corrected chi connectivity index (χ1v) is 7.87. The molecule has 0 spiro atoms. The maximum Gasteiger partial charge on any atom is 0.240 e. The van der Waals surface area contributed by atoms with E-state index in [1.165, 1.54) is 0 Å². The van der Waals surface area contributed by atoms with Gasteiger partial charge in [0.1, 0.15) is 11.7 Å². The number of amides is 1. The molecule has 0 saturated carbocycles. The van der Waals surface area contributed by atoms with Gasteiger partial charge in [-0.2, -0.15) is 5.26 Å². The summed E-state index contributed by atoms with van der Waals surface area (Å²) in [6.45, 7) is 5.74. The molecule has 2 rings (SSSR count). The van der Waals surface area contributed by atoms with E-state index in [4.69, 9.17) is 4.74 Å².